The second-order valence-corrected chi connectivity index (χ2v) is 12.7. The lowest BCUT2D eigenvalue weighted by atomic mass is 9.47. The maximum absolute atomic E-state index is 12.1. The van der Waals surface area contributed by atoms with Crippen molar-refractivity contribution >= 4 is 5.78 Å². The monoisotopic (exact) mass is 412 g/mol. The molecule has 0 aromatic heterocycles. The van der Waals surface area contributed by atoms with E-state index in [0.29, 0.717) is 22.5 Å². The number of fused-ring (bicyclic) bond motifs is 5. The maximum Gasteiger partial charge on any atom is 0.133 e. The molecule has 3 saturated carbocycles. The molecule has 4 aliphatic carbocycles. The Bertz CT molecular complexity index is 674. The molecule has 0 amide bonds. The number of hydrogen-bond acceptors (Lipinski definition) is 1. The first-order chi connectivity index (χ1) is 14.2. The quantitative estimate of drug-likeness (QED) is 0.401. The van der Waals surface area contributed by atoms with Gasteiger partial charge in [0.15, 0.2) is 0 Å². The predicted octanol–water partition coefficient (Wildman–Crippen LogP) is 8.23. The van der Waals surface area contributed by atoms with Crippen molar-refractivity contribution in [1.29, 1.82) is 0 Å². The number of carbonyl (C=O) groups is 1. The van der Waals surface area contributed by atoms with Crippen LogP contribution in [0, 0.1) is 52.3 Å². The van der Waals surface area contributed by atoms with Crippen LogP contribution in [0.25, 0.3) is 0 Å². The first-order valence-corrected chi connectivity index (χ1v) is 13.4. The van der Waals surface area contributed by atoms with E-state index < -0.39 is 0 Å². The van der Waals surface area contributed by atoms with Gasteiger partial charge in [-0.05, 0) is 97.2 Å². The molecule has 0 heterocycles. The molecule has 0 saturated heterocycles. The summed E-state index contributed by atoms with van der Waals surface area (Å²) >= 11 is 0. The number of Topliss-reactive ketones (excluding diaryl/α,β-unsaturated/α-hetero) is 1. The van der Waals surface area contributed by atoms with Gasteiger partial charge in [-0.15, -0.1) is 0 Å². The lowest BCUT2D eigenvalue weighted by Crippen LogP contribution is -2.49. The second kappa shape index (κ2) is 8.40. The number of hydrogen-bond donors (Lipinski definition) is 0. The van der Waals surface area contributed by atoms with Crippen LogP contribution in [0.3, 0.4) is 0 Å². The Morgan fingerprint density at radius 2 is 1.73 bits per heavy atom. The van der Waals surface area contributed by atoms with Crippen molar-refractivity contribution < 1.29 is 4.79 Å². The van der Waals surface area contributed by atoms with Crippen molar-refractivity contribution in [3.8, 4) is 0 Å². The van der Waals surface area contributed by atoms with Crippen LogP contribution in [-0.4, -0.2) is 5.78 Å². The predicted molar refractivity (Wildman–Crippen MR) is 127 cm³/mol. The molecule has 4 rings (SSSR count). The highest BCUT2D eigenvalue weighted by molar-refractivity contribution is 5.79. The third kappa shape index (κ3) is 3.65. The number of ketones is 1. The van der Waals surface area contributed by atoms with E-state index in [4.69, 9.17) is 0 Å². The molecule has 170 valence electrons. The van der Waals surface area contributed by atoms with Crippen molar-refractivity contribution in [3.05, 3.63) is 11.6 Å². The zero-order chi connectivity index (χ0) is 21.7. The Morgan fingerprint density at radius 1 is 1.00 bits per heavy atom. The van der Waals surface area contributed by atoms with Gasteiger partial charge in [0.2, 0.25) is 0 Å². The van der Waals surface area contributed by atoms with Crippen LogP contribution in [-0.2, 0) is 4.79 Å². The molecule has 1 nitrogen and oxygen atoms in total. The molecule has 0 aliphatic heterocycles. The normalized spacial score (nSPS) is 42.9. The molecule has 0 spiro atoms. The minimum Gasteiger partial charge on any atom is -0.300 e. The summed E-state index contributed by atoms with van der Waals surface area (Å²) in [4.78, 5) is 12.1. The standard InChI is InChI=1S/C29H48O/c1-7-21(19(2)3)9-8-20(4)25-12-13-26-24-11-10-22-18-23(30)14-16-28(22,5)27(24)15-17-29(25,26)6/h11,19-22,25-27H,7-10,12-18H2,1-6H3/t20-,21+,22+,25-,26+,27+,28+,29-/m1/s1. The Balaban J connectivity index is 1.49. The minimum atomic E-state index is 0.397. The Kier molecular flexibility index (Phi) is 6.33. The van der Waals surface area contributed by atoms with Crippen LogP contribution >= 0.6 is 0 Å². The van der Waals surface area contributed by atoms with Crippen molar-refractivity contribution in [2.45, 2.75) is 112 Å². The second-order valence-electron chi connectivity index (χ2n) is 12.7. The molecular formula is C29H48O. The summed E-state index contributed by atoms with van der Waals surface area (Å²) in [5, 5.41) is 0. The third-order valence-electron chi connectivity index (χ3n) is 11.1. The summed E-state index contributed by atoms with van der Waals surface area (Å²) in [7, 11) is 0. The molecule has 1 heteroatoms. The first-order valence-electron chi connectivity index (χ1n) is 13.4. The summed E-state index contributed by atoms with van der Waals surface area (Å²) in [6, 6.07) is 0. The molecule has 0 unspecified atom stereocenters. The highest BCUT2D eigenvalue weighted by Crippen LogP contribution is 2.66. The van der Waals surface area contributed by atoms with Gasteiger partial charge in [-0.2, -0.15) is 0 Å². The van der Waals surface area contributed by atoms with Crippen molar-refractivity contribution in [2.24, 2.45) is 52.3 Å². The fourth-order valence-electron chi connectivity index (χ4n) is 8.97. The van der Waals surface area contributed by atoms with Crippen LogP contribution in [0.5, 0.6) is 0 Å². The van der Waals surface area contributed by atoms with Gasteiger partial charge < -0.3 is 0 Å². The average Bonchev–Trinajstić information content (AvgIpc) is 3.06. The summed E-state index contributed by atoms with van der Waals surface area (Å²) in [5.74, 6) is 6.24. The van der Waals surface area contributed by atoms with E-state index in [9.17, 15) is 4.79 Å². The molecule has 0 bridgehead atoms. The Hall–Kier alpha value is -0.590. The van der Waals surface area contributed by atoms with E-state index in [-0.39, 0.29) is 0 Å². The van der Waals surface area contributed by atoms with Gasteiger partial charge in [0.25, 0.3) is 0 Å². The minimum absolute atomic E-state index is 0.397. The van der Waals surface area contributed by atoms with Crippen LogP contribution < -0.4 is 0 Å². The van der Waals surface area contributed by atoms with Gasteiger partial charge in [0, 0.05) is 12.8 Å². The maximum atomic E-state index is 12.1. The Morgan fingerprint density at radius 3 is 2.43 bits per heavy atom. The van der Waals surface area contributed by atoms with Crippen LogP contribution in [0.1, 0.15) is 112 Å². The molecule has 0 aromatic carbocycles. The highest BCUT2D eigenvalue weighted by atomic mass is 16.1. The molecule has 8 atom stereocenters. The molecule has 3 fully saturated rings. The zero-order valence-electron chi connectivity index (χ0n) is 20.8. The lowest BCUT2D eigenvalue weighted by Gasteiger charge is -2.57. The van der Waals surface area contributed by atoms with E-state index in [1.54, 1.807) is 0 Å². The van der Waals surface area contributed by atoms with Crippen LogP contribution in [0.2, 0.25) is 0 Å². The number of allylic oxidation sites excluding steroid dienone is 2. The number of rotatable bonds is 6. The topological polar surface area (TPSA) is 17.1 Å². The van der Waals surface area contributed by atoms with Gasteiger partial charge in [0.05, 0.1) is 0 Å². The molecule has 0 radical (unpaired) electrons. The van der Waals surface area contributed by atoms with E-state index in [1.165, 1.54) is 51.4 Å². The van der Waals surface area contributed by atoms with Crippen LogP contribution in [0.15, 0.2) is 11.6 Å². The molecule has 4 aliphatic rings. The third-order valence-corrected chi connectivity index (χ3v) is 11.1. The van der Waals surface area contributed by atoms with Crippen molar-refractivity contribution in [3.63, 3.8) is 0 Å². The van der Waals surface area contributed by atoms with Gasteiger partial charge in [0.1, 0.15) is 5.78 Å². The van der Waals surface area contributed by atoms with E-state index >= 15 is 0 Å². The summed E-state index contributed by atoms with van der Waals surface area (Å²) in [6.07, 6.45) is 16.5. The molecule has 30 heavy (non-hydrogen) atoms. The van der Waals surface area contributed by atoms with E-state index in [2.05, 4.69) is 47.6 Å². The fraction of sp³-hybridized carbons (Fsp3) is 0.897. The SMILES string of the molecule is CC[C@@H](CC[C@@H](C)[C@H]1CC[C@H]2C3=CC[C@H]4CC(=O)CC[C@]4(C)[C@H]3CC[C@]12C)C(C)C. The number of carbonyl (C=O) groups excluding carboxylic acids is 1. The van der Waals surface area contributed by atoms with Gasteiger partial charge in [-0.25, -0.2) is 0 Å². The molecule has 0 aromatic rings. The highest BCUT2D eigenvalue weighted by Gasteiger charge is 2.58. The first kappa shape index (κ1) is 22.6. The summed E-state index contributed by atoms with van der Waals surface area (Å²) in [5.41, 5.74) is 2.77. The molecule has 0 N–H and O–H groups in total. The lowest BCUT2D eigenvalue weighted by molar-refractivity contribution is -0.127. The average molecular weight is 413 g/mol. The van der Waals surface area contributed by atoms with Gasteiger partial charge >= 0.3 is 0 Å². The van der Waals surface area contributed by atoms with Crippen molar-refractivity contribution in [2.75, 3.05) is 0 Å². The summed E-state index contributed by atoms with van der Waals surface area (Å²) < 4.78 is 0. The fourth-order valence-corrected chi connectivity index (χ4v) is 8.97. The van der Waals surface area contributed by atoms with E-state index in [1.807, 2.05) is 5.57 Å². The van der Waals surface area contributed by atoms with Crippen molar-refractivity contribution in [1.82, 2.24) is 0 Å². The smallest absolute Gasteiger partial charge is 0.133 e. The van der Waals surface area contributed by atoms with Crippen LogP contribution in [0.4, 0.5) is 0 Å². The van der Waals surface area contributed by atoms with Gasteiger partial charge in [-0.3, -0.25) is 4.79 Å². The van der Waals surface area contributed by atoms with Gasteiger partial charge in [-0.1, -0.05) is 66.0 Å². The summed E-state index contributed by atoms with van der Waals surface area (Å²) in [6.45, 7) is 15.0. The Labute approximate surface area is 186 Å². The largest absolute Gasteiger partial charge is 0.300 e. The molecular weight excluding hydrogens is 364 g/mol. The zero-order valence-corrected chi connectivity index (χ0v) is 20.8. The van der Waals surface area contributed by atoms with E-state index in [0.717, 1.165) is 54.8 Å².